The maximum atomic E-state index is 5.76. The molecule has 0 amide bonds. The summed E-state index contributed by atoms with van der Waals surface area (Å²) in [5, 5.41) is 7.10. The summed E-state index contributed by atoms with van der Waals surface area (Å²) in [6.07, 6.45) is 0. The molecular weight excluding hydrogens is 317 g/mol. The number of aromatic nitrogens is 3. The first kappa shape index (κ1) is 11.6. The van der Waals surface area contributed by atoms with Crippen molar-refractivity contribution in [3.05, 3.63) is 39.2 Å². The third kappa shape index (κ3) is 2.61. The standard InChI is InChI=1S/C9H4BrCl2N3O/c10-5-3-1-2-4-6(5)16-8-7(11)14-15-9(12)13-8/h1-4H. The monoisotopic (exact) mass is 319 g/mol. The zero-order valence-electron chi connectivity index (χ0n) is 7.69. The minimum absolute atomic E-state index is 0.0218. The molecule has 0 saturated carbocycles. The molecule has 0 N–H and O–H groups in total. The fourth-order valence-corrected chi connectivity index (χ4v) is 1.58. The largest absolute Gasteiger partial charge is 0.435 e. The molecule has 0 aliphatic carbocycles. The van der Waals surface area contributed by atoms with E-state index in [1.165, 1.54) is 0 Å². The molecule has 4 nitrogen and oxygen atoms in total. The Balaban J connectivity index is 2.34. The van der Waals surface area contributed by atoms with E-state index in [9.17, 15) is 0 Å². The molecule has 1 heterocycles. The summed E-state index contributed by atoms with van der Waals surface area (Å²) >= 11 is 14.7. The van der Waals surface area contributed by atoms with Gasteiger partial charge >= 0.3 is 0 Å². The first-order valence-corrected chi connectivity index (χ1v) is 5.70. The minimum Gasteiger partial charge on any atom is -0.435 e. The maximum Gasteiger partial charge on any atom is 0.262 e. The lowest BCUT2D eigenvalue weighted by Gasteiger charge is -2.06. The van der Waals surface area contributed by atoms with Crippen molar-refractivity contribution in [1.82, 2.24) is 15.2 Å². The fourth-order valence-electron chi connectivity index (χ4n) is 0.977. The van der Waals surface area contributed by atoms with Crippen LogP contribution >= 0.6 is 39.1 Å². The maximum absolute atomic E-state index is 5.76. The number of nitrogens with zero attached hydrogens (tertiary/aromatic N) is 3. The predicted molar refractivity (Wildman–Crippen MR) is 64.1 cm³/mol. The second kappa shape index (κ2) is 4.95. The van der Waals surface area contributed by atoms with E-state index in [-0.39, 0.29) is 16.3 Å². The zero-order chi connectivity index (χ0) is 11.5. The van der Waals surface area contributed by atoms with Gasteiger partial charge in [0.1, 0.15) is 5.75 Å². The summed E-state index contributed by atoms with van der Waals surface area (Å²) in [5.74, 6) is 0.689. The van der Waals surface area contributed by atoms with E-state index in [2.05, 4.69) is 31.1 Å². The molecule has 0 aliphatic heterocycles. The van der Waals surface area contributed by atoms with Gasteiger partial charge in [0, 0.05) is 0 Å². The van der Waals surface area contributed by atoms with Crippen LogP contribution in [0.15, 0.2) is 28.7 Å². The Bertz CT molecular complexity index is 524. The third-order valence-corrected chi connectivity index (χ3v) is 2.69. The zero-order valence-corrected chi connectivity index (χ0v) is 10.8. The van der Waals surface area contributed by atoms with Crippen molar-refractivity contribution in [3.8, 4) is 11.6 Å². The number of para-hydroxylation sites is 1. The van der Waals surface area contributed by atoms with Gasteiger partial charge in [-0.1, -0.05) is 23.7 Å². The summed E-state index contributed by atoms with van der Waals surface area (Å²) in [6.45, 7) is 0. The predicted octanol–water partition coefficient (Wildman–Crippen LogP) is 3.73. The molecule has 0 fully saturated rings. The van der Waals surface area contributed by atoms with E-state index in [1.807, 2.05) is 18.2 Å². The molecule has 2 rings (SSSR count). The van der Waals surface area contributed by atoms with Crippen LogP contribution in [0.25, 0.3) is 0 Å². The second-order valence-corrected chi connectivity index (χ2v) is 4.26. The lowest BCUT2D eigenvalue weighted by Crippen LogP contribution is -1.95. The fraction of sp³-hybridized carbons (Fsp3) is 0. The van der Waals surface area contributed by atoms with Crippen molar-refractivity contribution in [3.63, 3.8) is 0 Å². The molecule has 7 heteroatoms. The number of benzene rings is 1. The molecule has 0 aliphatic rings. The van der Waals surface area contributed by atoms with E-state index in [1.54, 1.807) is 6.07 Å². The molecular formula is C9H4BrCl2N3O. The summed E-state index contributed by atoms with van der Waals surface area (Å²) < 4.78 is 6.22. The van der Waals surface area contributed by atoms with Crippen LogP contribution in [0, 0.1) is 0 Å². The van der Waals surface area contributed by atoms with E-state index in [0.717, 1.165) is 4.47 Å². The highest BCUT2D eigenvalue weighted by atomic mass is 79.9. The van der Waals surface area contributed by atoms with E-state index >= 15 is 0 Å². The van der Waals surface area contributed by atoms with Gasteiger partial charge in [0.25, 0.3) is 5.88 Å². The topological polar surface area (TPSA) is 47.9 Å². The third-order valence-electron chi connectivity index (χ3n) is 1.63. The molecule has 1 aromatic heterocycles. The average molecular weight is 321 g/mol. The van der Waals surface area contributed by atoms with Crippen LogP contribution in [0.1, 0.15) is 0 Å². The Morgan fingerprint density at radius 2 is 1.88 bits per heavy atom. The van der Waals surface area contributed by atoms with Gasteiger partial charge in [-0.15, -0.1) is 10.2 Å². The van der Waals surface area contributed by atoms with E-state index in [4.69, 9.17) is 27.9 Å². The number of ether oxygens (including phenoxy) is 1. The van der Waals surface area contributed by atoms with Crippen LogP contribution in [-0.2, 0) is 0 Å². The minimum atomic E-state index is -0.0218. The van der Waals surface area contributed by atoms with Gasteiger partial charge in [-0.25, -0.2) is 0 Å². The van der Waals surface area contributed by atoms with Crippen molar-refractivity contribution < 1.29 is 4.74 Å². The second-order valence-electron chi connectivity index (χ2n) is 2.71. The van der Waals surface area contributed by atoms with Crippen LogP contribution < -0.4 is 4.74 Å². The Labute approximate surface area is 110 Å². The lowest BCUT2D eigenvalue weighted by atomic mass is 10.3. The van der Waals surface area contributed by atoms with E-state index < -0.39 is 0 Å². The van der Waals surface area contributed by atoms with Crippen molar-refractivity contribution >= 4 is 39.1 Å². The van der Waals surface area contributed by atoms with Gasteiger partial charge in [-0.3, -0.25) is 0 Å². The summed E-state index contributed by atoms with van der Waals surface area (Å²) in [7, 11) is 0. The van der Waals surface area contributed by atoms with Gasteiger partial charge in [-0.05, 0) is 39.7 Å². The van der Waals surface area contributed by atoms with Gasteiger partial charge in [0.15, 0.2) is 0 Å². The average Bonchev–Trinajstić information content (AvgIpc) is 2.27. The highest BCUT2D eigenvalue weighted by Gasteiger charge is 2.10. The smallest absolute Gasteiger partial charge is 0.262 e. The van der Waals surface area contributed by atoms with Crippen LogP contribution in [0.5, 0.6) is 11.6 Å². The van der Waals surface area contributed by atoms with Crippen molar-refractivity contribution in [2.24, 2.45) is 0 Å². The van der Waals surface area contributed by atoms with Crippen molar-refractivity contribution in [2.45, 2.75) is 0 Å². The molecule has 0 bridgehead atoms. The summed E-state index contributed by atoms with van der Waals surface area (Å²) in [6, 6.07) is 7.28. The van der Waals surface area contributed by atoms with Gasteiger partial charge in [0.05, 0.1) is 4.47 Å². The number of hydrogen-bond acceptors (Lipinski definition) is 4. The highest BCUT2D eigenvalue weighted by molar-refractivity contribution is 9.10. The quantitative estimate of drug-likeness (QED) is 0.845. The SMILES string of the molecule is Clc1nnc(Cl)c(Oc2ccccc2Br)n1. The number of rotatable bonds is 2. The molecule has 0 unspecified atom stereocenters. The number of hydrogen-bond donors (Lipinski definition) is 0. The Morgan fingerprint density at radius 1 is 1.12 bits per heavy atom. The Kier molecular flexibility index (Phi) is 3.58. The number of halogens is 3. The van der Waals surface area contributed by atoms with E-state index in [0.29, 0.717) is 5.75 Å². The van der Waals surface area contributed by atoms with Crippen molar-refractivity contribution in [1.29, 1.82) is 0 Å². The molecule has 1 aromatic carbocycles. The molecule has 0 atom stereocenters. The first-order chi connectivity index (χ1) is 7.66. The van der Waals surface area contributed by atoms with Gasteiger partial charge in [0.2, 0.25) is 10.4 Å². The van der Waals surface area contributed by atoms with Gasteiger partial charge in [-0.2, -0.15) is 4.98 Å². The Hall–Kier alpha value is -0.910. The molecule has 0 spiro atoms. The molecule has 82 valence electrons. The lowest BCUT2D eigenvalue weighted by molar-refractivity contribution is 0.455. The normalized spacial score (nSPS) is 10.2. The van der Waals surface area contributed by atoms with Gasteiger partial charge < -0.3 is 4.74 Å². The molecule has 16 heavy (non-hydrogen) atoms. The molecule has 2 aromatic rings. The summed E-state index contributed by atoms with van der Waals surface area (Å²) in [4.78, 5) is 3.83. The van der Waals surface area contributed by atoms with Crippen LogP contribution in [0.2, 0.25) is 10.4 Å². The van der Waals surface area contributed by atoms with Crippen LogP contribution in [0.3, 0.4) is 0 Å². The Morgan fingerprint density at radius 3 is 2.62 bits per heavy atom. The molecule has 0 radical (unpaired) electrons. The summed E-state index contributed by atoms with van der Waals surface area (Å²) in [5.41, 5.74) is 0. The first-order valence-electron chi connectivity index (χ1n) is 4.15. The highest BCUT2D eigenvalue weighted by Crippen LogP contribution is 2.31. The van der Waals surface area contributed by atoms with Crippen LogP contribution in [-0.4, -0.2) is 15.2 Å². The van der Waals surface area contributed by atoms with Crippen LogP contribution in [0.4, 0.5) is 0 Å². The molecule has 0 saturated heterocycles. The van der Waals surface area contributed by atoms with Crippen molar-refractivity contribution in [2.75, 3.05) is 0 Å².